The van der Waals surface area contributed by atoms with Crippen molar-refractivity contribution in [2.75, 3.05) is 26.4 Å². The zero-order chi connectivity index (χ0) is 25.8. The zero-order valence-corrected chi connectivity index (χ0v) is 21.5. The van der Waals surface area contributed by atoms with Crippen LogP contribution in [-0.4, -0.2) is 50.8 Å². The van der Waals surface area contributed by atoms with Crippen LogP contribution in [0, 0.1) is 17.8 Å². The molecule has 7 nitrogen and oxygen atoms in total. The van der Waals surface area contributed by atoms with E-state index in [1.165, 1.54) is 6.33 Å². The minimum absolute atomic E-state index is 0.104. The van der Waals surface area contributed by atoms with E-state index in [1.54, 1.807) is 0 Å². The summed E-state index contributed by atoms with van der Waals surface area (Å²) in [6, 6.07) is 10.2. The van der Waals surface area contributed by atoms with Gasteiger partial charge in [-0.05, 0) is 70.2 Å². The molecule has 3 fully saturated rings. The molecule has 188 valence electrons. The molecule has 3 aliphatic rings. The Balaban J connectivity index is 1.46. The van der Waals surface area contributed by atoms with Gasteiger partial charge in [-0.25, -0.2) is 9.97 Å². The summed E-state index contributed by atoms with van der Waals surface area (Å²) < 4.78 is 2.29. The Kier molecular flexibility index (Phi) is 5.54. The molecule has 3 aliphatic carbocycles. The maximum absolute atomic E-state index is 12.7. The van der Waals surface area contributed by atoms with Crippen molar-refractivity contribution >= 4 is 33.5 Å². The predicted molar refractivity (Wildman–Crippen MR) is 147 cm³/mol. The van der Waals surface area contributed by atoms with Crippen LogP contribution in [0.4, 0.5) is 5.82 Å². The summed E-state index contributed by atoms with van der Waals surface area (Å²) in [6.07, 6.45) is 16.3. The molecule has 1 aromatic carbocycles. The first-order chi connectivity index (χ1) is 17.8. The number of ketones is 1. The Labute approximate surface area is 217 Å². The SMILES string of the molecule is C#Cc1c(-c2cnc3ccccc3c2)c2c(N)ncnc2n1C12CCC(CC(=O)CN(C)C)(CC1)CC2. The molecule has 37 heavy (non-hydrogen) atoms. The van der Waals surface area contributed by atoms with Crippen LogP contribution in [0.25, 0.3) is 33.1 Å². The van der Waals surface area contributed by atoms with Crippen molar-refractivity contribution in [3.63, 3.8) is 0 Å². The number of aromatic nitrogens is 4. The molecule has 3 aromatic heterocycles. The molecule has 0 aliphatic heterocycles. The maximum Gasteiger partial charge on any atom is 0.147 e. The van der Waals surface area contributed by atoms with Crippen LogP contribution in [0.1, 0.15) is 50.6 Å². The summed E-state index contributed by atoms with van der Waals surface area (Å²) in [6.45, 7) is 0.510. The first kappa shape index (κ1) is 23.6. The summed E-state index contributed by atoms with van der Waals surface area (Å²) in [5, 5.41) is 1.84. The normalized spacial score (nSPS) is 23.1. The van der Waals surface area contributed by atoms with Gasteiger partial charge in [-0.15, -0.1) is 6.42 Å². The van der Waals surface area contributed by atoms with E-state index in [4.69, 9.17) is 22.1 Å². The van der Waals surface area contributed by atoms with Gasteiger partial charge < -0.3 is 15.2 Å². The lowest BCUT2D eigenvalue weighted by Crippen LogP contribution is -2.49. The molecule has 0 spiro atoms. The van der Waals surface area contributed by atoms with Crippen molar-refractivity contribution in [1.82, 2.24) is 24.4 Å². The number of nitrogens with two attached hydrogens (primary N) is 1. The van der Waals surface area contributed by atoms with Crippen LogP contribution < -0.4 is 5.73 Å². The van der Waals surface area contributed by atoms with Gasteiger partial charge in [-0.2, -0.15) is 0 Å². The van der Waals surface area contributed by atoms with E-state index in [9.17, 15) is 4.79 Å². The highest BCUT2D eigenvalue weighted by atomic mass is 16.1. The molecule has 0 saturated heterocycles. The Morgan fingerprint density at radius 3 is 2.54 bits per heavy atom. The number of pyridine rings is 1. The van der Waals surface area contributed by atoms with E-state index < -0.39 is 0 Å². The van der Waals surface area contributed by atoms with Gasteiger partial charge in [0.05, 0.1) is 17.4 Å². The Morgan fingerprint density at radius 1 is 1.11 bits per heavy atom. The molecule has 0 atom stereocenters. The highest BCUT2D eigenvalue weighted by Gasteiger charge is 2.51. The first-order valence-electron chi connectivity index (χ1n) is 13.0. The summed E-state index contributed by atoms with van der Waals surface area (Å²) in [7, 11) is 3.91. The quantitative estimate of drug-likeness (QED) is 0.390. The Morgan fingerprint density at radius 2 is 1.84 bits per heavy atom. The van der Waals surface area contributed by atoms with Crippen LogP contribution in [0.2, 0.25) is 0 Å². The number of nitrogen functional groups attached to an aromatic ring is 1. The molecule has 7 rings (SSSR count). The Bertz CT molecular complexity index is 1550. The number of nitrogens with zero attached hydrogens (tertiary/aromatic N) is 5. The van der Waals surface area contributed by atoms with E-state index in [2.05, 4.69) is 27.6 Å². The number of carbonyl (C=O) groups excluding carboxylic acids is 1. The molecule has 2 bridgehead atoms. The number of hydrogen-bond donors (Lipinski definition) is 1. The van der Waals surface area contributed by atoms with Crippen molar-refractivity contribution < 1.29 is 4.79 Å². The van der Waals surface area contributed by atoms with Crippen LogP contribution in [-0.2, 0) is 10.3 Å². The number of Topliss-reactive ketones (excluding diaryl/α,β-unsaturated/α-hetero) is 1. The fourth-order valence-corrected chi connectivity index (χ4v) is 6.89. The fourth-order valence-electron chi connectivity index (χ4n) is 6.89. The van der Waals surface area contributed by atoms with Gasteiger partial charge in [-0.1, -0.05) is 24.1 Å². The largest absolute Gasteiger partial charge is 0.383 e. The average Bonchev–Trinajstić information content (AvgIpc) is 3.25. The van der Waals surface area contributed by atoms with Gasteiger partial charge >= 0.3 is 0 Å². The van der Waals surface area contributed by atoms with Crippen molar-refractivity contribution in [2.24, 2.45) is 5.41 Å². The third-order valence-corrected chi connectivity index (χ3v) is 8.70. The van der Waals surface area contributed by atoms with Crippen LogP contribution in [0.3, 0.4) is 0 Å². The summed E-state index contributed by atoms with van der Waals surface area (Å²) in [4.78, 5) is 28.5. The molecular weight excluding hydrogens is 460 g/mol. The number of carbonyl (C=O) groups is 1. The summed E-state index contributed by atoms with van der Waals surface area (Å²) >= 11 is 0. The Hall–Kier alpha value is -3.76. The fraction of sp³-hybridized carbons (Fsp3) is 0.400. The van der Waals surface area contributed by atoms with E-state index in [0.717, 1.165) is 77.3 Å². The van der Waals surface area contributed by atoms with Crippen molar-refractivity contribution in [3.05, 3.63) is 48.5 Å². The third kappa shape index (κ3) is 3.79. The van der Waals surface area contributed by atoms with Gasteiger partial charge in [0.1, 0.15) is 29.3 Å². The number of rotatable bonds is 6. The number of hydrogen-bond acceptors (Lipinski definition) is 6. The summed E-state index contributed by atoms with van der Waals surface area (Å²) in [5.74, 6) is 3.78. The number of anilines is 1. The number of terminal acetylenes is 1. The average molecular weight is 493 g/mol. The van der Waals surface area contributed by atoms with Crippen molar-refractivity contribution in [3.8, 4) is 23.5 Å². The third-order valence-electron chi connectivity index (χ3n) is 8.70. The molecular formula is C30H32N6O. The number of benzene rings is 1. The predicted octanol–water partition coefficient (Wildman–Crippen LogP) is 4.78. The second kappa shape index (κ2) is 8.67. The molecule has 0 amide bonds. The summed E-state index contributed by atoms with van der Waals surface area (Å²) in [5.41, 5.74) is 10.8. The molecule has 2 N–H and O–H groups in total. The van der Waals surface area contributed by atoms with Gasteiger partial charge in [0, 0.05) is 34.7 Å². The van der Waals surface area contributed by atoms with E-state index in [1.807, 2.05) is 43.4 Å². The standard InChI is InChI=1S/C30H32N6O/c1-4-24-25(21-15-20-7-5-6-8-23(20)32-17-21)26-27(31)33-19-34-28(26)36(24)30-12-9-29(10-13-30,11-14-30)16-22(37)18-35(2)3/h1,5-8,15,17,19H,9-14,16,18H2,2-3H3,(H2,31,33,34). The molecule has 0 radical (unpaired) electrons. The van der Waals surface area contributed by atoms with Gasteiger partial charge in [0.25, 0.3) is 0 Å². The van der Waals surface area contributed by atoms with Gasteiger partial charge in [0.2, 0.25) is 0 Å². The monoisotopic (exact) mass is 492 g/mol. The lowest BCUT2D eigenvalue weighted by Gasteiger charge is -2.54. The molecule has 4 aromatic rings. The van der Waals surface area contributed by atoms with Gasteiger partial charge in [0.15, 0.2) is 0 Å². The number of fused-ring (bicyclic) bond motifs is 5. The van der Waals surface area contributed by atoms with E-state index >= 15 is 0 Å². The van der Waals surface area contributed by atoms with Crippen LogP contribution >= 0.6 is 0 Å². The second-order valence-electron chi connectivity index (χ2n) is 11.3. The van der Waals surface area contributed by atoms with Gasteiger partial charge in [-0.3, -0.25) is 9.78 Å². The van der Waals surface area contributed by atoms with Crippen LogP contribution in [0.5, 0.6) is 0 Å². The second-order valence-corrected chi connectivity index (χ2v) is 11.3. The molecule has 3 heterocycles. The number of likely N-dealkylation sites (N-methyl/N-ethyl adjacent to an activating group) is 1. The topological polar surface area (TPSA) is 89.9 Å². The molecule has 7 heteroatoms. The minimum Gasteiger partial charge on any atom is -0.383 e. The van der Waals surface area contributed by atoms with E-state index in [-0.39, 0.29) is 11.0 Å². The smallest absolute Gasteiger partial charge is 0.147 e. The lowest BCUT2D eigenvalue weighted by atomic mass is 9.55. The minimum atomic E-state index is -0.143. The maximum atomic E-state index is 12.7. The van der Waals surface area contributed by atoms with Crippen molar-refractivity contribution in [2.45, 2.75) is 50.5 Å². The zero-order valence-electron chi connectivity index (χ0n) is 21.5. The number of para-hydroxylation sites is 1. The molecule has 3 saturated carbocycles. The van der Waals surface area contributed by atoms with Crippen molar-refractivity contribution in [1.29, 1.82) is 0 Å². The van der Waals surface area contributed by atoms with E-state index in [0.29, 0.717) is 24.6 Å². The van der Waals surface area contributed by atoms with Crippen LogP contribution in [0.15, 0.2) is 42.9 Å². The first-order valence-corrected chi connectivity index (χ1v) is 13.0. The lowest BCUT2D eigenvalue weighted by molar-refractivity contribution is -0.124. The highest BCUT2D eigenvalue weighted by Crippen LogP contribution is 2.59. The highest BCUT2D eigenvalue weighted by molar-refractivity contribution is 6.04. The molecule has 0 unspecified atom stereocenters.